The van der Waals surface area contributed by atoms with Crippen molar-refractivity contribution in [3.63, 3.8) is 0 Å². The molecule has 0 aromatic heterocycles. The normalized spacial score (nSPS) is 27.4. The molecule has 2 bridgehead atoms. The molecule has 0 radical (unpaired) electrons. The molecule has 2 heterocycles. The van der Waals surface area contributed by atoms with Crippen LogP contribution in [-0.2, 0) is 14.3 Å². The zero-order valence-corrected chi connectivity index (χ0v) is 17.5. The summed E-state index contributed by atoms with van der Waals surface area (Å²) in [5, 5.41) is 8.71. The Morgan fingerprint density at radius 3 is 2.59 bits per heavy atom. The summed E-state index contributed by atoms with van der Waals surface area (Å²) in [4.78, 5) is 10.6. The van der Waals surface area contributed by atoms with Crippen molar-refractivity contribution in [1.82, 2.24) is 0 Å². The molecule has 2 fully saturated rings. The van der Waals surface area contributed by atoms with E-state index in [2.05, 4.69) is 19.9 Å². The minimum atomic E-state index is -0.680. The number of aliphatic carboxylic acids is 1. The molecule has 1 N–H and O–H groups in total. The van der Waals surface area contributed by atoms with Crippen LogP contribution >= 0.6 is 0 Å². The number of unbranched alkanes of at least 4 members (excludes halogenated alkanes) is 5. The van der Waals surface area contributed by atoms with Gasteiger partial charge in [-0.1, -0.05) is 57.6 Å². The van der Waals surface area contributed by atoms with Gasteiger partial charge in [0.1, 0.15) is 0 Å². The Bertz CT molecular complexity index is 459. The van der Waals surface area contributed by atoms with Crippen LogP contribution in [0.15, 0.2) is 11.6 Å². The molecule has 2 rings (SSSR count). The standard InChI is InChI=1S/C23H40O4/c1-3-5-8-11-18(4-2)16-17-26-23-19(20-14-15-21(23)27-20)12-9-6-7-10-13-22(24)25/h11,19-21,23H,3-10,12-17H2,1-2H3,(H,24,25)/t19-,20+,21-,23-/m1/s1. The summed E-state index contributed by atoms with van der Waals surface area (Å²) in [6.07, 6.45) is 17.2. The molecule has 0 saturated carbocycles. The predicted octanol–water partition coefficient (Wildman–Crippen LogP) is 5.89. The van der Waals surface area contributed by atoms with Gasteiger partial charge in [-0.25, -0.2) is 0 Å². The molecule has 2 saturated heterocycles. The molecule has 4 nitrogen and oxygen atoms in total. The molecular weight excluding hydrogens is 340 g/mol. The van der Waals surface area contributed by atoms with Gasteiger partial charge in [-0.05, 0) is 44.9 Å². The van der Waals surface area contributed by atoms with E-state index in [1.54, 1.807) is 0 Å². The molecule has 0 spiro atoms. The second kappa shape index (κ2) is 12.6. The largest absolute Gasteiger partial charge is 0.481 e. The Balaban J connectivity index is 1.69. The maximum atomic E-state index is 10.6. The number of hydrogen-bond donors (Lipinski definition) is 1. The van der Waals surface area contributed by atoms with E-state index in [1.807, 2.05) is 0 Å². The number of carboxylic acids is 1. The number of allylic oxidation sites excluding steroid dienone is 1. The van der Waals surface area contributed by atoms with Gasteiger partial charge in [-0.15, -0.1) is 0 Å². The van der Waals surface area contributed by atoms with E-state index in [4.69, 9.17) is 14.6 Å². The summed E-state index contributed by atoms with van der Waals surface area (Å²) in [7, 11) is 0. The lowest BCUT2D eigenvalue weighted by Gasteiger charge is -2.28. The molecule has 0 amide bonds. The third-order valence-electron chi connectivity index (χ3n) is 6.21. The fraction of sp³-hybridized carbons (Fsp3) is 0.870. The zero-order chi connectivity index (χ0) is 19.5. The summed E-state index contributed by atoms with van der Waals surface area (Å²) in [5.74, 6) is -0.141. The lowest BCUT2D eigenvalue weighted by Crippen LogP contribution is -2.35. The van der Waals surface area contributed by atoms with Crippen LogP contribution in [0, 0.1) is 5.92 Å². The molecule has 2 aliphatic heterocycles. The van der Waals surface area contributed by atoms with Crippen LogP contribution in [0.2, 0.25) is 0 Å². The van der Waals surface area contributed by atoms with Crippen LogP contribution in [0.5, 0.6) is 0 Å². The first-order valence-electron chi connectivity index (χ1n) is 11.3. The highest BCUT2D eigenvalue weighted by Crippen LogP contribution is 2.43. The minimum Gasteiger partial charge on any atom is -0.481 e. The molecule has 2 aliphatic rings. The molecule has 4 atom stereocenters. The molecule has 0 aliphatic carbocycles. The fourth-order valence-electron chi connectivity index (χ4n) is 4.58. The first-order valence-corrected chi connectivity index (χ1v) is 11.3. The van der Waals surface area contributed by atoms with Gasteiger partial charge in [-0.2, -0.15) is 0 Å². The minimum absolute atomic E-state index is 0.275. The Kier molecular flexibility index (Phi) is 10.4. The van der Waals surface area contributed by atoms with Gasteiger partial charge in [0.05, 0.1) is 24.9 Å². The summed E-state index contributed by atoms with van der Waals surface area (Å²) in [6.45, 7) is 5.30. The van der Waals surface area contributed by atoms with Crippen molar-refractivity contribution in [2.24, 2.45) is 5.92 Å². The molecule has 27 heavy (non-hydrogen) atoms. The molecule has 4 heteroatoms. The summed E-state index contributed by atoms with van der Waals surface area (Å²) in [5.41, 5.74) is 1.53. The molecule has 0 unspecified atom stereocenters. The van der Waals surface area contributed by atoms with E-state index in [-0.39, 0.29) is 6.10 Å². The van der Waals surface area contributed by atoms with Crippen molar-refractivity contribution < 1.29 is 19.4 Å². The number of carbonyl (C=O) groups is 1. The summed E-state index contributed by atoms with van der Waals surface area (Å²) in [6, 6.07) is 0. The maximum Gasteiger partial charge on any atom is 0.303 e. The number of rotatable bonds is 15. The average molecular weight is 381 g/mol. The highest BCUT2D eigenvalue weighted by atomic mass is 16.6. The predicted molar refractivity (Wildman–Crippen MR) is 109 cm³/mol. The molecule has 0 aromatic rings. The van der Waals surface area contributed by atoms with Crippen molar-refractivity contribution in [2.45, 2.75) is 116 Å². The van der Waals surface area contributed by atoms with Crippen LogP contribution in [0.4, 0.5) is 0 Å². The monoisotopic (exact) mass is 380 g/mol. The second-order valence-electron chi connectivity index (χ2n) is 8.24. The highest BCUT2D eigenvalue weighted by molar-refractivity contribution is 5.66. The Hall–Kier alpha value is -0.870. The first kappa shape index (κ1) is 22.4. The quantitative estimate of drug-likeness (QED) is 0.284. The van der Waals surface area contributed by atoms with Gasteiger partial charge < -0.3 is 14.6 Å². The van der Waals surface area contributed by atoms with E-state index in [0.29, 0.717) is 24.5 Å². The molecule has 0 aromatic carbocycles. The maximum absolute atomic E-state index is 10.6. The van der Waals surface area contributed by atoms with E-state index in [9.17, 15) is 4.79 Å². The van der Waals surface area contributed by atoms with Gasteiger partial charge in [0.2, 0.25) is 0 Å². The van der Waals surface area contributed by atoms with Crippen LogP contribution < -0.4 is 0 Å². The van der Waals surface area contributed by atoms with Gasteiger partial charge in [0.15, 0.2) is 0 Å². The molecular formula is C23H40O4. The van der Waals surface area contributed by atoms with E-state index in [0.717, 1.165) is 58.0 Å². The smallest absolute Gasteiger partial charge is 0.303 e. The lowest BCUT2D eigenvalue weighted by molar-refractivity contribution is -0.137. The number of hydrogen-bond acceptors (Lipinski definition) is 3. The van der Waals surface area contributed by atoms with Crippen LogP contribution in [0.1, 0.15) is 97.3 Å². The number of ether oxygens (including phenoxy) is 2. The Labute approximate surface area is 165 Å². The number of fused-ring (bicyclic) bond motifs is 2. The molecule has 156 valence electrons. The average Bonchev–Trinajstić information content (AvgIpc) is 3.25. The second-order valence-corrected chi connectivity index (χ2v) is 8.24. The number of carboxylic acid groups (broad SMARTS) is 1. The Morgan fingerprint density at radius 1 is 1.07 bits per heavy atom. The van der Waals surface area contributed by atoms with Gasteiger partial charge >= 0.3 is 5.97 Å². The van der Waals surface area contributed by atoms with E-state index in [1.165, 1.54) is 31.3 Å². The van der Waals surface area contributed by atoms with Crippen molar-refractivity contribution in [2.75, 3.05) is 6.61 Å². The van der Waals surface area contributed by atoms with Gasteiger partial charge in [0, 0.05) is 12.3 Å². The van der Waals surface area contributed by atoms with Gasteiger partial charge in [0.25, 0.3) is 0 Å². The van der Waals surface area contributed by atoms with Crippen molar-refractivity contribution in [3.05, 3.63) is 11.6 Å². The third kappa shape index (κ3) is 7.57. The van der Waals surface area contributed by atoms with Crippen molar-refractivity contribution in [1.29, 1.82) is 0 Å². The van der Waals surface area contributed by atoms with E-state index < -0.39 is 5.97 Å². The Morgan fingerprint density at radius 2 is 1.85 bits per heavy atom. The van der Waals surface area contributed by atoms with Crippen molar-refractivity contribution in [3.8, 4) is 0 Å². The third-order valence-corrected chi connectivity index (χ3v) is 6.21. The van der Waals surface area contributed by atoms with Crippen LogP contribution in [0.3, 0.4) is 0 Å². The van der Waals surface area contributed by atoms with Crippen LogP contribution in [0.25, 0.3) is 0 Å². The van der Waals surface area contributed by atoms with E-state index >= 15 is 0 Å². The summed E-state index contributed by atoms with van der Waals surface area (Å²) < 4.78 is 12.5. The fourth-order valence-corrected chi connectivity index (χ4v) is 4.58. The van der Waals surface area contributed by atoms with Crippen LogP contribution in [-0.4, -0.2) is 36.0 Å². The van der Waals surface area contributed by atoms with Gasteiger partial charge in [-0.3, -0.25) is 4.79 Å². The highest BCUT2D eigenvalue weighted by Gasteiger charge is 2.49. The summed E-state index contributed by atoms with van der Waals surface area (Å²) >= 11 is 0. The topological polar surface area (TPSA) is 55.8 Å². The van der Waals surface area contributed by atoms with Crippen molar-refractivity contribution >= 4 is 5.97 Å². The lowest BCUT2D eigenvalue weighted by atomic mass is 9.83. The zero-order valence-electron chi connectivity index (χ0n) is 17.5. The first-order chi connectivity index (χ1) is 13.2. The SMILES string of the molecule is CCCCC=C(CC)CCO[C@@H]1[C@H](CCCCCCC(=O)O)[C@@H]2CC[C@H]1O2.